The van der Waals surface area contributed by atoms with Crippen LogP contribution >= 0.6 is 0 Å². The largest absolute Gasteiger partial charge is 0.351 e. The average Bonchev–Trinajstić information content (AvgIpc) is 2.85. The van der Waals surface area contributed by atoms with Gasteiger partial charge < -0.3 is 5.73 Å². The normalized spacial score (nSPS) is 10.8. The van der Waals surface area contributed by atoms with Crippen molar-refractivity contribution in [3.05, 3.63) is 96.1 Å². The van der Waals surface area contributed by atoms with Crippen molar-refractivity contribution >= 4 is 17.4 Å². The molecule has 4 rings (SSSR count). The number of benzene rings is 3. The number of nitrogens with two attached hydrogens (primary N) is 1. The Balaban J connectivity index is 1.67. The summed E-state index contributed by atoms with van der Waals surface area (Å²) in [5.41, 5.74) is 11.2. The topological polar surface area (TPSA) is 72.1 Å². The molecule has 0 aliphatic rings. The summed E-state index contributed by atoms with van der Waals surface area (Å²) in [7, 11) is 0. The van der Waals surface area contributed by atoms with Crippen molar-refractivity contribution in [3.8, 4) is 22.5 Å². The highest BCUT2D eigenvalue weighted by atomic mass is 19.1. The van der Waals surface area contributed by atoms with Gasteiger partial charge in [-0.25, -0.2) is 19.2 Å². The molecule has 2 amide bonds. The van der Waals surface area contributed by atoms with Gasteiger partial charge in [0, 0.05) is 11.1 Å². The van der Waals surface area contributed by atoms with Gasteiger partial charge in [0.1, 0.15) is 5.82 Å². The number of hydrogen-bond donors (Lipinski definition) is 1. The third-order valence-electron chi connectivity index (χ3n) is 5.63. The van der Waals surface area contributed by atoms with Crippen LogP contribution in [0.1, 0.15) is 25.0 Å². The molecule has 0 saturated heterocycles. The third kappa shape index (κ3) is 4.46. The Hall–Kier alpha value is -4.06. The lowest BCUT2D eigenvalue weighted by molar-refractivity contribution is 0.256. The first kappa shape index (κ1) is 22.1. The van der Waals surface area contributed by atoms with E-state index in [1.54, 1.807) is 30.6 Å². The second-order valence-corrected chi connectivity index (χ2v) is 7.63. The fourth-order valence-corrected chi connectivity index (χ4v) is 3.95. The number of nitrogens with zero attached hydrogens (tertiary/aromatic N) is 3. The Bertz CT molecular complexity index is 1250. The highest BCUT2D eigenvalue weighted by molar-refractivity contribution is 5.99. The van der Waals surface area contributed by atoms with Gasteiger partial charge in [0.05, 0.1) is 23.8 Å². The zero-order chi connectivity index (χ0) is 23.4. The van der Waals surface area contributed by atoms with E-state index in [-0.39, 0.29) is 5.82 Å². The SMILES string of the molecule is CCc1cccc(CC)c1N(C(N)=O)c1cnc(-c2ccc(-c3ccccc3F)cc2)nc1. The first-order valence-corrected chi connectivity index (χ1v) is 10.9. The molecule has 3 aromatic carbocycles. The van der Waals surface area contributed by atoms with Gasteiger partial charge in [0.2, 0.25) is 0 Å². The van der Waals surface area contributed by atoms with Crippen molar-refractivity contribution in [3.63, 3.8) is 0 Å². The van der Waals surface area contributed by atoms with Gasteiger partial charge in [-0.05, 0) is 35.6 Å². The first-order chi connectivity index (χ1) is 16.0. The Morgan fingerprint density at radius 1 is 0.848 bits per heavy atom. The first-order valence-electron chi connectivity index (χ1n) is 10.9. The van der Waals surface area contributed by atoms with Crippen molar-refractivity contribution in [2.24, 2.45) is 5.73 Å². The molecule has 0 unspecified atom stereocenters. The maximum Gasteiger partial charge on any atom is 0.324 e. The Morgan fingerprint density at radius 3 is 1.97 bits per heavy atom. The number of aryl methyl sites for hydroxylation is 2. The number of para-hydroxylation sites is 1. The molecule has 1 heterocycles. The van der Waals surface area contributed by atoms with Crippen LogP contribution in [0.3, 0.4) is 0 Å². The molecule has 2 N–H and O–H groups in total. The Labute approximate surface area is 192 Å². The molecular weight excluding hydrogens is 415 g/mol. The zero-order valence-corrected chi connectivity index (χ0v) is 18.6. The number of urea groups is 1. The predicted octanol–water partition coefficient (Wildman–Crippen LogP) is 6.29. The molecule has 0 fully saturated rings. The van der Waals surface area contributed by atoms with Gasteiger partial charge in [0.15, 0.2) is 5.82 Å². The van der Waals surface area contributed by atoms with Crippen molar-refractivity contribution in [1.29, 1.82) is 0 Å². The van der Waals surface area contributed by atoms with Gasteiger partial charge in [0.25, 0.3) is 0 Å². The number of amides is 2. The molecule has 33 heavy (non-hydrogen) atoms. The van der Waals surface area contributed by atoms with Crippen molar-refractivity contribution in [2.45, 2.75) is 26.7 Å². The number of rotatable bonds is 6. The summed E-state index contributed by atoms with van der Waals surface area (Å²) in [6.45, 7) is 4.09. The van der Waals surface area contributed by atoms with E-state index in [0.717, 1.165) is 40.8 Å². The smallest absolute Gasteiger partial charge is 0.324 e. The van der Waals surface area contributed by atoms with Crippen LogP contribution in [0.5, 0.6) is 0 Å². The third-order valence-corrected chi connectivity index (χ3v) is 5.63. The zero-order valence-electron chi connectivity index (χ0n) is 18.6. The van der Waals surface area contributed by atoms with Crippen LogP contribution < -0.4 is 10.6 Å². The van der Waals surface area contributed by atoms with Crippen molar-refractivity contribution in [1.82, 2.24) is 9.97 Å². The van der Waals surface area contributed by atoms with Crippen LogP contribution in [0.15, 0.2) is 79.1 Å². The highest BCUT2D eigenvalue weighted by Gasteiger charge is 2.21. The van der Waals surface area contributed by atoms with Gasteiger partial charge in [-0.3, -0.25) is 4.90 Å². The van der Waals surface area contributed by atoms with E-state index in [0.29, 0.717) is 17.1 Å². The van der Waals surface area contributed by atoms with E-state index < -0.39 is 6.03 Å². The number of carbonyl (C=O) groups excluding carboxylic acids is 1. The van der Waals surface area contributed by atoms with Crippen LogP contribution in [-0.2, 0) is 12.8 Å². The summed E-state index contributed by atoms with van der Waals surface area (Å²) in [5, 5.41) is 0. The summed E-state index contributed by atoms with van der Waals surface area (Å²) < 4.78 is 14.1. The van der Waals surface area contributed by atoms with E-state index in [4.69, 9.17) is 5.73 Å². The fraction of sp³-hybridized carbons (Fsp3) is 0.148. The monoisotopic (exact) mass is 440 g/mol. The molecule has 0 saturated carbocycles. The molecule has 0 radical (unpaired) electrons. The summed E-state index contributed by atoms with van der Waals surface area (Å²) in [6.07, 6.45) is 4.73. The maximum absolute atomic E-state index is 14.1. The van der Waals surface area contributed by atoms with E-state index >= 15 is 0 Å². The molecular formula is C27H25FN4O. The minimum Gasteiger partial charge on any atom is -0.351 e. The molecule has 4 aromatic rings. The summed E-state index contributed by atoms with van der Waals surface area (Å²) in [4.78, 5) is 22.9. The molecule has 1 aromatic heterocycles. The number of aromatic nitrogens is 2. The second-order valence-electron chi connectivity index (χ2n) is 7.63. The average molecular weight is 441 g/mol. The summed E-state index contributed by atoms with van der Waals surface area (Å²) in [5.74, 6) is 0.235. The molecule has 0 aliphatic heterocycles. The molecule has 6 heteroatoms. The van der Waals surface area contributed by atoms with E-state index in [9.17, 15) is 9.18 Å². The highest BCUT2D eigenvalue weighted by Crippen LogP contribution is 2.33. The van der Waals surface area contributed by atoms with Gasteiger partial charge in [-0.1, -0.05) is 74.5 Å². The quantitative estimate of drug-likeness (QED) is 0.383. The predicted molar refractivity (Wildman–Crippen MR) is 130 cm³/mol. The molecule has 166 valence electrons. The number of primary amides is 1. The number of hydrogen-bond acceptors (Lipinski definition) is 3. The van der Waals surface area contributed by atoms with Crippen LogP contribution in [0.4, 0.5) is 20.6 Å². The van der Waals surface area contributed by atoms with Crippen LogP contribution in [0, 0.1) is 5.82 Å². The lowest BCUT2D eigenvalue weighted by atomic mass is 10.0. The lowest BCUT2D eigenvalue weighted by Crippen LogP contribution is -2.33. The van der Waals surface area contributed by atoms with Gasteiger partial charge >= 0.3 is 6.03 Å². The minimum absolute atomic E-state index is 0.267. The van der Waals surface area contributed by atoms with E-state index in [1.807, 2.05) is 56.3 Å². The number of halogens is 1. The van der Waals surface area contributed by atoms with E-state index in [2.05, 4.69) is 9.97 Å². The van der Waals surface area contributed by atoms with Crippen LogP contribution in [0.25, 0.3) is 22.5 Å². The lowest BCUT2D eigenvalue weighted by Gasteiger charge is -2.25. The second kappa shape index (κ2) is 9.61. The van der Waals surface area contributed by atoms with Crippen LogP contribution in [0.2, 0.25) is 0 Å². The molecule has 0 atom stereocenters. The Morgan fingerprint density at radius 2 is 1.42 bits per heavy atom. The number of carbonyl (C=O) groups is 1. The van der Waals surface area contributed by atoms with Gasteiger partial charge in [-0.2, -0.15) is 0 Å². The molecule has 5 nitrogen and oxygen atoms in total. The standard InChI is InChI=1S/C27H25FN4O/c1-3-18-8-7-9-19(4-2)25(18)32(27(29)33)22-16-30-26(31-17-22)21-14-12-20(13-15-21)23-10-5-6-11-24(23)28/h5-17H,3-4H2,1-2H3,(H2,29,33). The maximum atomic E-state index is 14.1. The Kier molecular flexibility index (Phi) is 6.45. The van der Waals surface area contributed by atoms with Crippen LogP contribution in [-0.4, -0.2) is 16.0 Å². The molecule has 0 aliphatic carbocycles. The van der Waals surface area contributed by atoms with Gasteiger partial charge in [-0.15, -0.1) is 0 Å². The van der Waals surface area contributed by atoms with Crippen molar-refractivity contribution < 1.29 is 9.18 Å². The summed E-state index contributed by atoms with van der Waals surface area (Å²) >= 11 is 0. The fourth-order valence-electron chi connectivity index (χ4n) is 3.95. The van der Waals surface area contributed by atoms with Crippen molar-refractivity contribution in [2.75, 3.05) is 4.90 Å². The van der Waals surface area contributed by atoms with E-state index in [1.165, 1.54) is 11.0 Å². The number of anilines is 2. The summed E-state index contributed by atoms with van der Waals surface area (Å²) in [6, 6.07) is 19.4. The molecule has 0 bridgehead atoms. The molecule has 0 spiro atoms. The minimum atomic E-state index is -0.587.